The van der Waals surface area contributed by atoms with Gasteiger partial charge in [0.1, 0.15) is 11.3 Å². The standard InChI is InChI=1S/C29H28N4O3/c1-4-30-26-25-27(33(31-26)19-12-8-7-9-13-19)35-24-18-20(32(5-2)6-3)16-17-23(24)29(25)22-15-11-10-14-21(22)28(34)36-29/h7-18H,4-6H2,1-3H3,(H,30,31). The number of nitrogens with zero attached hydrogens (tertiary/aromatic N) is 3. The van der Waals surface area contributed by atoms with Crippen LogP contribution in [0.1, 0.15) is 47.8 Å². The average molecular weight is 481 g/mol. The molecule has 0 aliphatic carbocycles. The fraction of sp³-hybridized carbons (Fsp3) is 0.241. The van der Waals surface area contributed by atoms with E-state index in [2.05, 4.69) is 30.1 Å². The molecule has 0 radical (unpaired) electrons. The van der Waals surface area contributed by atoms with Crippen molar-refractivity contribution in [1.82, 2.24) is 9.78 Å². The third-order valence-electron chi connectivity index (χ3n) is 6.99. The van der Waals surface area contributed by atoms with Gasteiger partial charge in [-0.05, 0) is 51.1 Å². The Morgan fingerprint density at radius 3 is 2.44 bits per heavy atom. The Morgan fingerprint density at radius 2 is 1.69 bits per heavy atom. The van der Waals surface area contributed by atoms with Crippen LogP contribution in [0, 0.1) is 0 Å². The molecule has 2 aliphatic heterocycles. The maximum Gasteiger partial charge on any atom is 0.340 e. The average Bonchev–Trinajstić information content (AvgIpc) is 3.42. The fourth-order valence-corrected chi connectivity index (χ4v) is 5.36. The second-order valence-corrected chi connectivity index (χ2v) is 8.88. The number of rotatable bonds is 6. The molecule has 3 aromatic carbocycles. The predicted molar refractivity (Wildman–Crippen MR) is 140 cm³/mol. The van der Waals surface area contributed by atoms with Crippen molar-refractivity contribution >= 4 is 17.5 Å². The fourth-order valence-electron chi connectivity index (χ4n) is 5.36. The van der Waals surface area contributed by atoms with Crippen molar-refractivity contribution in [3.05, 3.63) is 95.1 Å². The van der Waals surface area contributed by atoms with Gasteiger partial charge >= 0.3 is 5.97 Å². The van der Waals surface area contributed by atoms with Crippen molar-refractivity contribution in [3.8, 4) is 17.3 Å². The summed E-state index contributed by atoms with van der Waals surface area (Å²) in [7, 11) is 0. The third kappa shape index (κ3) is 3.05. The van der Waals surface area contributed by atoms with Gasteiger partial charge in [0.05, 0.1) is 11.3 Å². The van der Waals surface area contributed by atoms with Crippen LogP contribution in [0.4, 0.5) is 11.5 Å². The Morgan fingerprint density at radius 1 is 0.944 bits per heavy atom. The minimum absolute atomic E-state index is 0.355. The zero-order valence-electron chi connectivity index (χ0n) is 20.6. The minimum atomic E-state index is -1.18. The first-order valence-corrected chi connectivity index (χ1v) is 12.4. The number of hydrogen-bond acceptors (Lipinski definition) is 6. The first kappa shape index (κ1) is 22.2. The van der Waals surface area contributed by atoms with Crippen LogP contribution in [0.5, 0.6) is 11.6 Å². The number of fused-ring (bicyclic) bond motifs is 6. The lowest BCUT2D eigenvalue weighted by Crippen LogP contribution is -2.34. The highest BCUT2D eigenvalue weighted by atomic mass is 16.6. The lowest BCUT2D eigenvalue weighted by Gasteiger charge is -2.36. The van der Waals surface area contributed by atoms with Gasteiger partial charge in [-0.2, -0.15) is 4.68 Å². The van der Waals surface area contributed by atoms with E-state index in [0.29, 0.717) is 35.1 Å². The van der Waals surface area contributed by atoms with E-state index in [1.165, 1.54) is 0 Å². The van der Waals surface area contributed by atoms with Crippen molar-refractivity contribution in [3.63, 3.8) is 0 Å². The predicted octanol–water partition coefficient (Wildman–Crippen LogP) is 5.72. The molecule has 7 nitrogen and oxygen atoms in total. The number of esters is 1. The number of para-hydroxylation sites is 1. The van der Waals surface area contributed by atoms with Gasteiger partial charge in [-0.3, -0.25) is 0 Å². The molecule has 1 N–H and O–H groups in total. The molecule has 36 heavy (non-hydrogen) atoms. The zero-order valence-corrected chi connectivity index (χ0v) is 20.6. The molecule has 7 heteroatoms. The number of benzene rings is 3. The van der Waals surface area contributed by atoms with E-state index in [9.17, 15) is 4.79 Å². The van der Waals surface area contributed by atoms with E-state index < -0.39 is 5.60 Å². The largest absolute Gasteiger partial charge is 0.440 e. The number of aromatic nitrogens is 2. The summed E-state index contributed by atoms with van der Waals surface area (Å²) in [5, 5.41) is 8.31. The summed E-state index contributed by atoms with van der Waals surface area (Å²) in [4.78, 5) is 15.5. The van der Waals surface area contributed by atoms with E-state index in [1.54, 1.807) is 4.68 Å². The SMILES string of the molecule is CCNc1nn(-c2ccccc2)c2c1C1(OC(=O)c3ccccc31)c1ccc(N(CC)CC)cc1O2. The maximum absolute atomic E-state index is 13.3. The summed E-state index contributed by atoms with van der Waals surface area (Å²) >= 11 is 0. The molecule has 182 valence electrons. The summed E-state index contributed by atoms with van der Waals surface area (Å²) in [5.74, 6) is 1.45. The van der Waals surface area contributed by atoms with Crippen LogP contribution in [0.3, 0.4) is 0 Å². The highest BCUT2D eigenvalue weighted by Crippen LogP contribution is 2.58. The van der Waals surface area contributed by atoms with Crippen LogP contribution < -0.4 is 15.0 Å². The smallest absolute Gasteiger partial charge is 0.340 e. The van der Waals surface area contributed by atoms with Crippen LogP contribution in [0.2, 0.25) is 0 Å². The number of hydrogen-bond donors (Lipinski definition) is 1. The Balaban J connectivity index is 1.68. The van der Waals surface area contributed by atoms with Crippen molar-refractivity contribution < 1.29 is 14.3 Å². The molecule has 3 heterocycles. The molecule has 6 rings (SSSR count). The Hall–Kier alpha value is -4.26. The van der Waals surface area contributed by atoms with E-state index in [4.69, 9.17) is 14.6 Å². The van der Waals surface area contributed by atoms with Crippen LogP contribution in [-0.4, -0.2) is 35.4 Å². The molecule has 4 aromatic rings. The molecule has 1 spiro atoms. The highest BCUT2D eigenvalue weighted by Gasteiger charge is 2.56. The van der Waals surface area contributed by atoms with Crippen LogP contribution in [0.25, 0.3) is 5.69 Å². The van der Waals surface area contributed by atoms with Gasteiger partial charge in [-0.15, -0.1) is 5.10 Å². The summed E-state index contributed by atoms with van der Waals surface area (Å²) in [6, 6.07) is 23.6. The third-order valence-corrected chi connectivity index (χ3v) is 6.99. The topological polar surface area (TPSA) is 68.6 Å². The quantitative estimate of drug-likeness (QED) is 0.356. The second kappa shape index (κ2) is 8.45. The van der Waals surface area contributed by atoms with Gasteiger partial charge in [0, 0.05) is 42.5 Å². The van der Waals surface area contributed by atoms with E-state index in [0.717, 1.165) is 35.6 Å². The van der Waals surface area contributed by atoms with Crippen molar-refractivity contribution in [2.45, 2.75) is 26.4 Å². The van der Waals surface area contributed by atoms with E-state index >= 15 is 0 Å². The zero-order chi connectivity index (χ0) is 24.9. The van der Waals surface area contributed by atoms with Crippen molar-refractivity contribution in [2.75, 3.05) is 29.9 Å². The molecule has 1 aromatic heterocycles. The van der Waals surface area contributed by atoms with Gasteiger partial charge in [-0.1, -0.05) is 36.4 Å². The Bertz CT molecular complexity index is 1460. The van der Waals surface area contributed by atoms with Gasteiger partial charge in [0.2, 0.25) is 11.5 Å². The lowest BCUT2D eigenvalue weighted by molar-refractivity contribution is 0.0225. The van der Waals surface area contributed by atoms with Gasteiger partial charge in [-0.25, -0.2) is 4.79 Å². The summed E-state index contributed by atoms with van der Waals surface area (Å²) in [5.41, 5.74) is 3.57. The monoisotopic (exact) mass is 480 g/mol. The molecule has 1 unspecified atom stereocenters. The van der Waals surface area contributed by atoms with E-state index in [-0.39, 0.29) is 5.97 Å². The number of nitrogens with one attached hydrogen (secondary N) is 1. The van der Waals surface area contributed by atoms with E-state index in [1.807, 2.05) is 73.7 Å². The number of carbonyl (C=O) groups excluding carboxylic acids is 1. The molecule has 0 saturated carbocycles. The molecule has 0 fully saturated rings. The molecule has 0 bridgehead atoms. The summed E-state index contributed by atoms with van der Waals surface area (Å²) in [6.45, 7) is 8.67. The van der Waals surface area contributed by atoms with Crippen LogP contribution in [-0.2, 0) is 10.3 Å². The molecule has 2 aliphatic rings. The Labute approximate surface area is 210 Å². The minimum Gasteiger partial charge on any atom is -0.440 e. The first-order valence-electron chi connectivity index (χ1n) is 12.4. The first-order chi connectivity index (χ1) is 17.6. The molecule has 1 atom stereocenters. The molecule has 0 saturated heterocycles. The normalized spacial score (nSPS) is 17.1. The number of anilines is 2. The molecular formula is C29H28N4O3. The second-order valence-electron chi connectivity index (χ2n) is 8.88. The number of ether oxygens (including phenoxy) is 2. The van der Waals surface area contributed by atoms with Crippen LogP contribution in [0.15, 0.2) is 72.8 Å². The summed E-state index contributed by atoms with van der Waals surface area (Å²) < 4.78 is 14.8. The number of carbonyl (C=O) groups is 1. The summed E-state index contributed by atoms with van der Waals surface area (Å²) in [6.07, 6.45) is 0. The molecular weight excluding hydrogens is 452 g/mol. The van der Waals surface area contributed by atoms with Gasteiger partial charge in [0.25, 0.3) is 0 Å². The molecule has 0 amide bonds. The maximum atomic E-state index is 13.3. The lowest BCUT2D eigenvalue weighted by atomic mass is 9.78. The van der Waals surface area contributed by atoms with Gasteiger partial charge < -0.3 is 19.7 Å². The van der Waals surface area contributed by atoms with Crippen molar-refractivity contribution in [2.24, 2.45) is 0 Å². The van der Waals surface area contributed by atoms with Crippen LogP contribution >= 0.6 is 0 Å². The highest BCUT2D eigenvalue weighted by molar-refractivity contribution is 5.97. The van der Waals surface area contributed by atoms with Gasteiger partial charge in [0.15, 0.2) is 5.82 Å². The Kier molecular flexibility index (Phi) is 5.21. The van der Waals surface area contributed by atoms with Crippen molar-refractivity contribution in [1.29, 1.82) is 0 Å².